The van der Waals surface area contributed by atoms with Gasteiger partial charge in [-0.2, -0.15) is 0 Å². The van der Waals surface area contributed by atoms with Gasteiger partial charge in [-0.3, -0.25) is 4.79 Å². The summed E-state index contributed by atoms with van der Waals surface area (Å²) in [5.41, 5.74) is 4.55. The quantitative estimate of drug-likeness (QED) is 0.510. The summed E-state index contributed by atoms with van der Waals surface area (Å²) in [5.74, 6) is 0.972. The van der Waals surface area contributed by atoms with Crippen molar-refractivity contribution in [1.29, 1.82) is 0 Å². The molecule has 0 saturated carbocycles. The van der Waals surface area contributed by atoms with Crippen LogP contribution in [0.2, 0.25) is 0 Å². The first-order valence-corrected chi connectivity index (χ1v) is 11.4. The van der Waals surface area contributed by atoms with Gasteiger partial charge in [-0.15, -0.1) is 0 Å². The Morgan fingerprint density at radius 1 is 0.971 bits per heavy atom. The number of esters is 1. The molecule has 0 amide bonds. The van der Waals surface area contributed by atoms with E-state index in [9.17, 15) is 9.59 Å². The van der Waals surface area contributed by atoms with E-state index in [2.05, 4.69) is 12.2 Å². The molecule has 1 aromatic heterocycles. The summed E-state index contributed by atoms with van der Waals surface area (Å²) < 4.78 is 27.5. The Morgan fingerprint density at radius 2 is 1.69 bits per heavy atom. The molecule has 35 heavy (non-hydrogen) atoms. The third-order valence-electron chi connectivity index (χ3n) is 6.75. The average Bonchev–Trinajstić information content (AvgIpc) is 3.30. The molecule has 8 nitrogen and oxygen atoms in total. The highest BCUT2D eigenvalue weighted by molar-refractivity contribution is 6.04. The summed E-state index contributed by atoms with van der Waals surface area (Å²) in [4.78, 5) is 25.7. The number of fused-ring (bicyclic) bond motifs is 3. The van der Waals surface area contributed by atoms with E-state index in [1.165, 1.54) is 7.11 Å². The molecule has 0 fully saturated rings. The summed E-state index contributed by atoms with van der Waals surface area (Å²) in [6.45, 7) is 2.08. The van der Waals surface area contributed by atoms with Crippen molar-refractivity contribution in [2.24, 2.45) is 5.92 Å². The van der Waals surface area contributed by atoms with Crippen LogP contribution in [0, 0.1) is 5.92 Å². The SMILES string of the molecule is COC(=O)c1cc2c3c(ccc2o1)NC1=C(C(=O)CC(C)C1)C3c1cc(OC)c(OC)cc1OC. The van der Waals surface area contributed by atoms with Gasteiger partial charge >= 0.3 is 5.97 Å². The number of ether oxygens (including phenoxy) is 4. The van der Waals surface area contributed by atoms with Gasteiger partial charge in [0.25, 0.3) is 0 Å². The summed E-state index contributed by atoms with van der Waals surface area (Å²) in [6.07, 6.45) is 1.21. The van der Waals surface area contributed by atoms with Gasteiger partial charge in [0.1, 0.15) is 11.3 Å². The molecule has 2 aromatic carbocycles. The minimum atomic E-state index is -0.568. The highest BCUT2D eigenvalue weighted by Gasteiger charge is 2.40. The Hall–Kier alpha value is -3.94. The van der Waals surface area contributed by atoms with Gasteiger partial charge in [-0.25, -0.2) is 4.79 Å². The molecular weight excluding hydrogens is 450 g/mol. The number of anilines is 1. The fraction of sp³-hybridized carbons (Fsp3) is 0.333. The fourth-order valence-electron chi connectivity index (χ4n) is 5.23. The van der Waals surface area contributed by atoms with E-state index in [1.807, 2.05) is 18.2 Å². The highest BCUT2D eigenvalue weighted by atomic mass is 16.5. The number of carbonyl (C=O) groups is 2. The molecule has 0 radical (unpaired) electrons. The zero-order valence-electron chi connectivity index (χ0n) is 20.3. The van der Waals surface area contributed by atoms with Crippen LogP contribution in [0.25, 0.3) is 11.0 Å². The number of nitrogens with one attached hydrogen (secondary N) is 1. The molecule has 5 rings (SSSR count). The van der Waals surface area contributed by atoms with Crippen molar-refractivity contribution in [1.82, 2.24) is 0 Å². The van der Waals surface area contributed by atoms with Gasteiger partial charge in [0, 0.05) is 46.3 Å². The molecule has 2 unspecified atom stereocenters. The number of furan rings is 1. The summed E-state index contributed by atoms with van der Waals surface area (Å²) in [5, 5.41) is 4.21. The van der Waals surface area contributed by atoms with Crippen LogP contribution < -0.4 is 19.5 Å². The van der Waals surface area contributed by atoms with Gasteiger partial charge in [0.15, 0.2) is 17.3 Å². The van der Waals surface area contributed by atoms with E-state index in [-0.39, 0.29) is 17.5 Å². The molecule has 1 aliphatic heterocycles. The molecule has 2 heterocycles. The zero-order valence-corrected chi connectivity index (χ0v) is 20.3. The minimum absolute atomic E-state index is 0.0763. The standard InChI is InChI=1S/C27H27NO7/c1-13-8-17-26(18(29)9-13)25(15-10-21(32-3)22(33-4)12-20(15)31-2)24-14-11-23(27(30)34-5)35-19(14)7-6-16(24)28-17/h6-7,10-13,25,28H,8-9H2,1-5H3. The fourth-order valence-corrected chi connectivity index (χ4v) is 5.23. The maximum absolute atomic E-state index is 13.5. The normalized spacial score (nSPS) is 19.1. The molecule has 182 valence electrons. The summed E-state index contributed by atoms with van der Waals surface area (Å²) in [6, 6.07) is 9.02. The first kappa shape index (κ1) is 22.8. The Kier molecular flexibility index (Phi) is 5.67. The number of methoxy groups -OCH3 is 4. The number of benzene rings is 2. The largest absolute Gasteiger partial charge is 0.496 e. The van der Waals surface area contributed by atoms with Crippen LogP contribution in [-0.2, 0) is 9.53 Å². The molecule has 2 aliphatic rings. The zero-order chi connectivity index (χ0) is 24.9. The molecular formula is C27H27NO7. The number of carbonyl (C=O) groups excluding carboxylic acids is 2. The van der Waals surface area contributed by atoms with Crippen LogP contribution >= 0.6 is 0 Å². The van der Waals surface area contributed by atoms with Crippen LogP contribution in [0.5, 0.6) is 17.2 Å². The van der Waals surface area contributed by atoms with E-state index < -0.39 is 11.9 Å². The number of Topliss-reactive ketones (excluding diaryl/α,β-unsaturated/α-hetero) is 1. The second kappa shape index (κ2) is 8.69. The van der Waals surface area contributed by atoms with Crippen molar-refractivity contribution in [3.63, 3.8) is 0 Å². The second-order valence-electron chi connectivity index (χ2n) is 8.88. The molecule has 3 aromatic rings. The van der Waals surface area contributed by atoms with Crippen molar-refractivity contribution in [3.8, 4) is 17.2 Å². The Morgan fingerprint density at radius 3 is 2.37 bits per heavy atom. The lowest BCUT2D eigenvalue weighted by Crippen LogP contribution is -2.30. The van der Waals surface area contributed by atoms with Crippen LogP contribution in [0.1, 0.15) is 47.4 Å². The monoisotopic (exact) mass is 477 g/mol. The van der Waals surface area contributed by atoms with Gasteiger partial charge in [-0.05, 0) is 42.2 Å². The minimum Gasteiger partial charge on any atom is -0.496 e. The lowest BCUT2D eigenvalue weighted by molar-refractivity contribution is -0.117. The number of hydrogen-bond donors (Lipinski definition) is 1. The highest BCUT2D eigenvalue weighted by Crippen LogP contribution is 2.52. The molecule has 0 saturated heterocycles. The van der Waals surface area contributed by atoms with Crippen LogP contribution in [0.3, 0.4) is 0 Å². The first-order chi connectivity index (χ1) is 16.9. The topological polar surface area (TPSA) is 96.2 Å². The predicted molar refractivity (Wildman–Crippen MR) is 130 cm³/mol. The Bertz CT molecular complexity index is 1380. The number of rotatable bonds is 5. The van der Waals surface area contributed by atoms with E-state index in [4.69, 9.17) is 23.4 Å². The Labute approximate surface area is 202 Å². The maximum atomic E-state index is 13.5. The number of ketones is 1. The van der Waals surface area contributed by atoms with Crippen LogP contribution in [0.4, 0.5) is 5.69 Å². The van der Waals surface area contributed by atoms with Crippen molar-refractivity contribution >= 4 is 28.4 Å². The predicted octanol–water partition coefficient (Wildman–Crippen LogP) is 5.06. The van der Waals surface area contributed by atoms with Gasteiger partial charge in [0.2, 0.25) is 5.76 Å². The molecule has 1 aliphatic carbocycles. The number of hydrogen-bond acceptors (Lipinski definition) is 8. The summed E-state index contributed by atoms with van der Waals surface area (Å²) >= 11 is 0. The van der Waals surface area contributed by atoms with E-state index in [0.717, 1.165) is 34.3 Å². The maximum Gasteiger partial charge on any atom is 0.373 e. The lowest BCUT2D eigenvalue weighted by Gasteiger charge is -2.36. The molecule has 8 heteroatoms. The third kappa shape index (κ3) is 3.60. The molecule has 0 bridgehead atoms. The van der Waals surface area contributed by atoms with Gasteiger partial charge in [-0.1, -0.05) is 6.92 Å². The van der Waals surface area contributed by atoms with E-state index in [1.54, 1.807) is 33.5 Å². The van der Waals surface area contributed by atoms with Crippen molar-refractivity contribution < 1.29 is 33.0 Å². The van der Waals surface area contributed by atoms with Crippen LogP contribution in [-0.4, -0.2) is 40.2 Å². The molecule has 0 spiro atoms. The van der Waals surface area contributed by atoms with E-state index >= 15 is 0 Å². The molecule has 1 N–H and O–H groups in total. The second-order valence-corrected chi connectivity index (χ2v) is 8.88. The van der Waals surface area contributed by atoms with Crippen molar-refractivity contribution in [2.45, 2.75) is 25.7 Å². The number of allylic oxidation sites excluding steroid dienone is 2. The van der Waals surface area contributed by atoms with Crippen LogP contribution in [0.15, 0.2) is 46.0 Å². The third-order valence-corrected chi connectivity index (χ3v) is 6.75. The van der Waals surface area contributed by atoms with Crippen molar-refractivity contribution in [2.75, 3.05) is 33.8 Å². The first-order valence-electron chi connectivity index (χ1n) is 11.4. The Balaban J connectivity index is 1.84. The lowest BCUT2D eigenvalue weighted by atomic mass is 9.72. The molecule has 2 atom stereocenters. The average molecular weight is 478 g/mol. The van der Waals surface area contributed by atoms with E-state index in [0.29, 0.717) is 34.8 Å². The summed E-state index contributed by atoms with van der Waals surface area (Å²) in [7, 11) is 6.02. The van der Waals surface area contributed by atoms with Crippen molar-refractivity contribution in [3.05, 3.63) is 58.5 Å². The van der Waals surface area contributed by atoms with Gasteiger partial charge < -0.3 is 28.7 Å². The van der Waals surface area contributed by atoms with Gasteiger partial charge in [0.05, 0.1) is 28.4 Å². The smallest absolute Gasteiger partial charge is 0.373 e.